The zero-order chi connectivity index (χ0) is 14.8. The Morgan fingerprint density at radius 1 is 1.30 bits per heavy atom. The Morgan fingerprint density at radius 2 is 2.05 bits per heavy atom. The summed E-state index contributed by atoms with van der Waals surface area (Å²) in [7, 11) is -3.37. The molecule has 1 N–H and O–H groups in total. The van der Waals surface area contributed by atoms with Crippen LogP contribution in [0.25, 0.3) is 0 Å². The third-order valence-electron chi connectivity index (χ3n) is 2.82. The number of benzene rings is 1. The van der Waals surface area contributed by atoms with Crippen LogP contribution in [0.2, 0.25) is 0 Å². The van der Waals surface area contributed by atoms with Crippen LogP contribution in [-0.4, -0.2) is 20.5 Å². The van der Waals surface area contributed by atoms with Crippen molar-refractivity contribution in [1.29, 1.82) is 0 Å². The summed E-state index contributed by atoms with van der Waals surface area (Å²) in [6.07, 6.45) is 2.67. The molecule has 0 amide bonds. The highest BCUT2D eigenvalue weighted by Crippen LogP contribution is 2.24. The van der Waals surface area contributed by atoms with Crippen LogP contribution >= 0.6 is 0 Å². The molecule has 0 aliphatic rings. The zero-order valence-electron chi connectivity index (χ0n) is 11.2. The highest BCUT2D eigenvalue weighted by Gasteiger charge is 2.15. The second kappa shape index (κ2) is 5.50. The average Bonchev–Trinajstić information content (AvgIpc) is 2.87. The van der Waals surface area contributed by atoms with Crippen LogP contribution in [0.5, 0.6) is 0 Å². The minimum atomic E-state index is -3.37. The molecule has 2 aromatic rings. The number of furan rings is 1. The van der Waals surface area contributed by atoms with Crippen molar-refractivity contribution in [1.82, 2.24) is 0 Å². The first kappa shape index (κ1) is 14.3. The summed E-state index contributed by atoms with van der Waals surface area (Å²) in [6, 6.07) is 8.03. The number of sulfone groups is 1. The van der Waals surface area contributed by atoms with Crippen molar-refractivity contribution in [2.45, 2.75) is 18.4 Å². The third-order valence-corrected chi connectivity index (χ3v) is 3.97. The zero-order valence-corrected chi connectivity index (χ0v) is 12.0. The molecule has 1 heterocycles. The third kappa shape index (κ3) is 3.27. The molecule has 0 fully saturated rings. The smallest absolute Gasteiger partial charge is 0.177 e. The van der Waals surface area contributed by atoms with E-state index in [1.165, 1.54) is 19.1 Å². The van der Waals surface area contributed by atoms with E-state index in [2.05, 4.69) is 5.32 Å². The van der Waals surface area contributed by atoms with Gasteiger partial charge in [0.15, 0.2) is 15.6 Å². The van der Waals surface area contributed by atoms with Crippen molar-refractivity contribution in [2.75, 3.05) is 11.6 Å². The summed E-state index contributed by atoms with van der Waals surface area (Å²) in [5.74, 6) is 0.559. The van der Waals surface area contributed by atoms with Gasteiger partial charge < -0.3 is 9.73 Å². The molecule has 0 saturated heterocycles. The number of carbonyl (C=O) groups is 1. The minimum absolute atomic E-state index is 0.119. The van der Waals surface area contributed by atoms with Gasteiger partial charge in [0.25, 0.3) is 0 Å². The van der Waals surface area contributed by atoms with E-state index in [0.717, 1.165) is 6.26 Å². The van der Waals surface area contributed by atoms with E-state index in [1.54, 1.807) is 24.5 Å². The lowest BCUT2D eigenvalue weighted by molar-refractivity contribution is 0.101. The summed E-state index contributed by atoms with van der Waals surface area (Å²) >= 11 is 0. The molecule has 106 valence electrons. The molecule has 1 aromatic carbocycles. The molecule has 0 spiro atoms. The molecule has 2 rings (SSSR count). The van der Waals surface area contributed by atoms with Gasteiger partial charge in [0.1, 0.15) is 5.76 Å². The fourth-order valence-corrected chi connectivity index (χ4v) is 2.65. The second-order valence-electron chi connectivity index (χ2n) is 4.47. The van der Waals surface area contributed by atoms with Gasteiger partial charge in [-0.3, -0.25) is 4.79 Å². The lowest BCUT2D eigenvalue weighted by atomic mass is 10.1. The normalized spacial score (nSPS) is 11.3. The quantitative estimate of drug-likeness (QED) is 0.857. The Kier molecular flexibility index (Phi) is 3.94. The van der Waals surface area contributed by atoms with E-state index in [4.69, 9.17) is 4.42 Å². The van der Waals surface area contributed by atoms with Gasteiger partial charge in [0, 0.05) is 11.8 Å². The van der Waals surface area contributed by atoms with Crippen LogP contribution in [0.3, 0.4) is 0 Å². The Morgan fingerprint density at radius 3 is 2.60 bits per heavy atom. The van der Waals surface area contributed by atoms with Crippen LogP contribution < -0.4 is 5.32 Å². The van der Waals surface area contributed by atoms with Crippen molar-refractivity contribution in [3.8, 4) is 0 Å². The molecule has 0 saturated carbocycles. The number of nitrogens with one attached hydrogen (secondary N) is 1. The Hall–Kier alpha value is -2.08. The van der Waals surface area contributed by atoms with E-state index < -0.39 is 9.84 Å². The highest BCUT2D eigenvalue weighted by atomic mass is 32.2. The Labute approximate surface area is 117 Å². The predicted octanol–water partition coefficient (Wildman–Crippen LogP) is 2.50. The maximum atomic E-state index is 11.7. The average molecular weight is 293 g/mol. The summed E-state index contributed by atoms with van der Waals surface area (Å²) in [4.78, 5) is 11.6. The molecule has 6 heteroatoms. The number of rotatable bonds is 5. The van der Waals surface area contributed by atoms with Crippen LogP contribution in [0.4, 0.5) is 5.69 Å². The molecule has 0 aliphatic carbocycles. The standard InChI is InChI=1S/C14H15NO4S/c1-10(16)11-5-6-14(20(2,17)18)13(8-11)15-9-12-4-3-7-19-12/h3-8,15H,9H2,1-2H3. The predicted molar refractivity (Wildman–Crippen MR) is 75.6 cm³/mol. The molecule has 5 nitrogen and oxygen atoms in total. The van der Waals surface area contributed by atoms with Gasteiger partial charge in [-0.15, -0.1) is 0 Å². The SMILES string of the molecule is CC(=O)c1ccc(S(C)(=O)=O)c(NCc2ccco2)c1. The van der Waals surface area contributed by atoms with E-state index in [-0.39, 0.29) is 10.7 Å². The summed E-state index contributed by atoms with van der Waals surface area (Å²) in [5.41, 5.74) is 0.857. The monoisotopic (exact) mass is 293 g/mol. The van der Waals surface area contributed by atoms with Crippen molar-refractivity contribution in [2.24, 2.45) is 0 Å². The lowest BCUT2D eigenvalue weighted by Crippen LogP contribution is -2.07. The van der Waals surface area contributed by atoms with Gasteiger partial charge in [0.2, 0.25) is 0 Å². The van der Waals surface area contributed by atoms with E-state index >= 15 is 0 Å². The van der Waals surface area contributed by atoms with Crippen LogP contribution in [0.15, 0.2) is 45.9 Å². The maximum Gasteiger partial charge on any atom is 0.177 e. The maximum absolute atomic E-state index is 11.7. The van der Waals surface area contributed by atoms with Crippen molar-refractivity contribution < 1.29 is 17.6 Å². The van der Waals surface area contributed by atoms with Crippen molar-refractivity contribution in [3.63, 3.8) is 0 Å². The molecule has 0 bridgehead atoms. The Bertz CT molecular complexity index is 718. The largest absolute Gasteiger partial charge is 0.467 e. The van der Waals surface area contributed by atoms with Crippen LogP contribution in [-0.2, 0) is 16.4 Å². The first-order chi connectivity index (χ1) is 9.38. The molecular formula is C14H15NO4S. The highest BCUT2D eigenvalue weighted by molar-refractivity contribution is 7.90. The van der Waals surface area contributed by atoms with Crippen molar-refractivity contribution >= 4 is 21.3 Å². The molecule has 0 radical (unpaired) electrons. The van der Waals surface area contributed by atoms with Gasteiger partial charge in [-0.05, 0) is 37.3 Å². The van der Waals surface area contributed by atoms with E-state index in [9.17, 15) is 13.2 Å². The van der Waals surface area contributed by atoms with Gasteiger partial charge in [-0.2, -0.15) is 0 Å². The fourth-order valence-electron chi connectivity index (χ4n) is 1.81. The topological polar surface area (TPSA) is 76.4 Å². The van der Waals surface area contributed by atoms with Gasteiger partial charge in [-0.1, -0.05) is 0 Å². The number of carbonyl (C=O) groups excluding carboxylic acids is 1. The van der Waals surface area contributed by atoms with Crippen LogP contribution in [0, 0.1) is 0 Å². The summed E-state index contributed by atoms with van der Waals surface area (Å²) in [6.45, 7) is 1.78. The number of hydrogen-bond donors (Lipinski definition) is 1. The van der Waals surface area contributed by atoms with Crippen molar-refractivity contribution in [3.05, 3.63) is 47.9 Å². The second-order valence-corrected chi connectivity index (χ2v) is 6.46. The molecule has 0 unspecified atom stereocenters. The lowest BCUT2D eigenvalue weighted by Gasteiger charge is -2.11. The number of anilines is 1. The molecule has 0 aliphatic heterocycles. The summed E-state index contributed by atoms with van der Waals surface area (Å²) in [5, 5.41) is 2.99. The summed E-state index contributed by atoms with van der Waals surface area (Å²) < 4.78 is 28.7. The first-order valence-corrected chi connectivity index (χ1v) is 7.88. The van der Waals surface area contributed by atoms with E-state index in [0.29, 0.717) is 23.6 Å². The Balaban J connectivity index is 2.36. The van der Waals surface area contributed by atoms with Gasteiger partial charge >= 0.3 is 0 Å². The van der Waals surface area contributed by atoms with Gasteiger partial charge in [0.05, 0.1) is 23.4 Å². The molecule has 20 heavy (non-hydrogen) atoms. The molecule has 1 aromatic heterocycles. The van der Waals surface area contributed by atoms with Gasteiger partial charge in [-0.25, -0.2) is 8.42 Å². The molecule has 0 atom stereocenters. The number of ketones is 1. The number of Topliss-reactive ketones (excluding diaryl/α,β-unsaturated/α-hetero) is 1. The minimum Gasteiger partial charge on any atom is -0.467 e. The van der Waals surface area contributed by atoms with Crippen LogP contribution in [0.1, 0.15) is 23.0 Å². The molecular weight excluding hydrogens is 278 g/mol. The number of hydrogen-bond acceptors (Lipinski definition) is 5. The first-order valence-electron chi connectivity index (χ1n) is 5.99. The fraction of sp³-hybridized carbons (Fsp3) is 0.214. The van der Waals surface area contributed by atoms with E-state index in [1.807, 2.05) is 0 Å².